The Morgan fingerprint density at radius 1 is 0.519 bits per heavy atom. The fourth-order valence-corrected chi connectivity index (χ4v) is 9.50. The van der Waals surface area contributed by atoms with Crippen LogP contribution >= 0.6 is 0 Å². The highest BCUT2D eigenvalue weighted by molar-refractivity contribution is 6.14. The lowest BCUT2D eigenvalue weighted by Gasteiger charge is -2.21. The average Bonchev–Trinajstić information content (AvgIpc) is 3.76. The maximum Gasteiger partial charge on any atom is 0.0544 e. The number of hydrogen-bond acceptors (Lipinski definition) is 0. The van der Waals surface area contributed by atoms with E-state index >= 15 is 0 Å². The summed E-state index contributed by atoms with van der Waals surface area (Å²) in [4.78, 5) is 0. The Hall–Kier alpha value is -6.12. The summed E-state index contributed by atoms with van der Waals surface area (Å²) in [6.45, 7) is 7.05. The molecule has 1 atom stereocenters. The first-order valence-corrected chi connectivity index (χ1v) is 18.6. The molecular weight excluding hydrogens is 629 g/mol. The molecule has 0 N–H and O–H groups in total. The van der Waals surface area contributed by atoms with E-state index in [2.05, 4.69) is 188 Å². The van der Waals surface area contributed by atoms with E-state index < -0.39 is 0 Å². The third kappa shape index (κ3) is 4.07. The lowest BCUT2D eigenvalue weighted by atomic mass is 9.82. The Balaban J connectivity index is 1.14. The third-order valence-corrected chi connectivity index (χ3v) is 12.0. The molecule has 11 rings (SSSR count). The molecular formula is C50H38N2. The molecule has 0 aliphatic heterocycles. The summed E-state index contributed by atoms with van der Waals surface area (Å²) in [5.74, 6) is 0.526. The molecule has 2 aliphatic rings. The van der Waals surface area contributed by atoms with E-state index in [0.29, 0.717) is 5.92 Å². The smallest absolute Gasteiger partial charge is 0.0544 e. The van der Waals surface area contributed by atoms with Gasteiger partial charge in [0.05, 0.1) is 22.1 Å². The molecule has 0 bridgehead atoms. The van der Waals surface area contributed by atoms with Crippen LogP contribution in [0.2, 0.25) is 0 Å². The normalized spacial score (nSPS) is 15.8. The fourth-order valence-electron chi connectivity index (χ4n) is 9.50. The molecule has 248 valence electrons. The standard InChI is InChI=1S/C50H38N2/c1-31-20-21-32-12-11-19-46(38(32)26-31)52-45-18-10-8-16-37(45)40-27-33(23-25-48(40)52)34-22-24-47-41(28-34)42-29-39-36-15-7-9-17-43(36)50(2,3)44(39)30-49(42)51(47)35-13-5-4-6-14-35/h4-25,27-31H,26H2,1-3H3. The Bertz CT molecular complexity index is 2970. The van der Waals surface area contributed by atoms with Crippen molar-refractivity contribution in [1.82, 2.24) is 9.13 Å². The van der Waals surface area contributed by atoms with Crippen LogP contribution in [-0.4, -0.2) is 9.13 Å². The Kier molecular flexibility index (Phi) is 6.09. The highest BCUT2D eigenvalue weighted by atomic mass is 15.0. The topological polar surface area (TPSA) is 9.86 Å². The second-order valence-corrected chi connectivity index (χ2v) is 15.5. The first-order valence-electron chi connectivity index (χ1n) is 18.6. The van der Waals surface area contributed by atoms with E-state index in [1.807, 2.05) is 0 Å². The Labute approximate surface area is 303 Å². The van der Waals surface area contributed by atoms with Crippen molar-refractivity contribution in [1.29, 1.82) is 0 Å². The van der Waals surface area contributed by atoms with Crippen LogP contribution in [0.3, 0.4) is 0 Å². The molecule has 52 heavy (non-hydrogen) atoms. The highest BCUT2D eigenvalue weighted by Gasteiger charge is 2.36. The zero-order chi connectivity index (χ0) is 34.7. The van der Waals surface area contributed by atoms with Crippen molar-refractivity contribution in [3.05, 3.63) is 174 Å². The van der Waals surface area contributed by atoms with Gasteiger partial charge in [-0.05, 0) is 118 Å². The minimum Gasteiger partial charge on any atom is -0.309 e. The maximum absolute atomic E-state index is 2.50. The summed E-state index contributed by atoms with van der Waals surface area (Å²) in [5, 5.41) is 5.15. The second-order valence-electron chi connectivity index (χ2n) is 15.5. The van der Waals surface area contributed by atoms with Crippen LogP contribution in [0.15, 0.2) is 152 Å². The van der Waals surface area contributed by atoms with Crippen molar-refractivity contribution < 1.29 is 0 Å². The lowest BCUT2D eigenvalue weighted by Crippen LogP contribution is -2.14. The van der Waals surface area contributed by atoms with Crippen molar-refractivity contribution in [2.75, 3.05) is 0 Å². The van der Waals surface area contributed by atoms with E-state index in [0.717, 1.165) is 6.42 Å². The number of benzene rings is 7. The number of fused-ring (bicyclic) bond motifs is 10. The van der Waals surface area contributed by atoms with Gasteiger partial charge in [-0.3, -0.25) is 0 Å². The number of hydrogen-bond donors (Lipinski definition) is 0. The van der Waals surface area contributed by atoms with Crippen molar-refractivity contribution in [3.8, 4) is 33.6 Å². The Morgan fingerprint density at radius 3 is 2.02 bits per heavy atom. The van der Waals surface area contributed by atoms with Crippen molar-refractivity contribution in [2.45, 2.75) is 32.6 Å². The van der Waals surface area contributed by atoms with Gasteiger partial charge in [0.1, 0.15) is 0 Å². The summed E-state index contributed by atoms with van der Waals surface area (Å²) in [6.07, 6.45) is 5.69. The van der Waals surface area contributed by atoms with E-state index in [1.54, 1.807) is 0 Å². The van der Waals surface area contributed by atoms with Crippen LogP contribution in [0.5, 0.6) is 0 Å². The first-order chi connectivity index (χ1) is 25.5. The van der Waals surface area contributed by atoms with Crippen molar-refractivity contribution in [3.63, 3.8) is 0 Å². The SMILES string of the molecule is CC1C=Cc2cccc(-n3c4ccccc4c4cc(-c5ccc6c(c5)c5cc7c(cc5n6-c5ccccc5)C(C)(C)c5ccccc5-7)ccc43)c2C1. The van der Waals surface area contributed by atoms with Crippen LogP contribution in [0.25, 0.3) is 83.3 Å². The van der Waals surface area contributed by atoms with E-state index in [-0.39, 0.29) is 5.41 Å². The molecule has 0 amide bonds. The monoisotopic (exact) mass is 666 g/mol. The van der Waals surface area contributed by atoms with Crippen LogP contribution in [0.1, 0.15) is 43.0 Å². The molecule has 2 aliphatic carbocycles. The minimum absolute atomic E-state index is 0.0637. The van der Waals surface area contributed by atoms with Gasteiger partial charge in [-0.25, -0.2) is 0 Å². The van der Waals surface area contributed by atoms with Crippen molar-refractivity contribution in [2.24, 2.45) is 5.92 Å². The number of rotatable bonds is 3. The predicted molar refractivity (Wildman–Crippen MR) is 220 cm³/mol. The number of nitrogens with zero attached hydrogens (tertiary/aromatic N) is 2. The number of allylic oxidation sites excluding steroid dienone is 1. The molecule has 0 saturated heterocycles. The molecule has 2 heteroatoms. The molecule has 0 radical (unpaired) electrons. The van der Waals surface area contributed by atoms with Gasteiger partial charge in [-0.2, -0.15) is 0 Å². The highest BCUT2D eigenvalue weighted by Crippen LogP contribution is 2.51. The summed E-state index contributed by atoms with van der Waals surface area (Å²) in [6, 6.07) is 54.6. The summed E-state index contributed by atoms with van der Waals surface area (Å²) >= 11 is 0. The minimum atomic E-state index is -0.0637. The van der Waals surface area contributed by atoms with Gasteiger partial charge >= 0.3 is 0 Å². The maximum atomic E-state index is 2.50. The molecule has 2 heterocycles. The Morgan fingerprint density at radius 2 is 1.19 bits per heavy atom. The molecule has 7 aromatic carbocycles. The largest absolute Gasteiger partial charge is 0.309 e. The number of para-hydroxylation sites is 2. The molecule has 2 nitrogen and oxygen atoms in total. The van der Waals surface area contributed by atoms with Gasteiger partial charge in [0.15, 0.2) is 0 Å². The summed E-state index contributed by atoms with van der Waals surface area (Å²) in [5.41, 5.74) is 18.1. The second kappa shape index (κ2) is 10.7. The zero-order valence-corrected chi connectivity index (χ0v) is 29.7. The van der Waals surface area contributed by atoms with Crippen LogP contribution in [0, 0.1) is 5.92 Å². The predicted octanol–water partition coefficient (Wildman–Crippen LogP) is 13.1. The van der Waals surface area contributed by atoms with Gasteiger partial charge in [0.2, 0.25) is 0 Å². The molecule has 0 spiro atoms. The van der Waals surface area contributed by atoms with Gasteiger partial charge in [-0.1, -0.05) is 118 Å². The van der Waals surface area contributed by atoms with Gasteiger partial charge in [0.25, 0.3) is 0 Å². The summed E-state index contributed by atoms with van der Waals surface area (Å²) < 4.78 is 4.96. The quantitative estimate of drug-likeness (QED) is 0.178. The van der Waals surface area contributed by atoms with E-state index in [1.165, 1.54) is 99.5 Å². The van der Waals surface area contributed by atoms with E-state index in [9.17, 15) is 0 Å². The first kappa shape index (κ1) is 29.6. The molecule has 0 fully saturated rings. The van der Waals surface area contributed by atoms with Crippen molar-refractivity contribution >= 4 is 49.7 Å². The van der Waals surface area contributed by atoms with E-state index in [4.69, 9.17) is 0 Å². The van der Waals surface area contributed by atoms with Gasteiger partial charge in [0, 0.05) is 38.3 Å². The average molecular weight is 667 g/mol. The molecule has 1 unspecified atom stereocenters. The summed E-state index contributed by atoms with van der Waals surface area (Å²) in [7, 11) is 0. The van der Waals surface area contributed by atoms with Gasteiger partial charge in [-0.15, -0.1) is 0 Å². The third-order valence-electron chi connectivity index (χ3n) is 12.0. The van der Waals surface area contributed by atoms with Crippen LogP contribution < -0.4 is 0 Å². The van der Waals surface area contributed by atoms with Crippen LogP contribution in [0.4, 0.5) is 0 Å². The molecule has 2 aromatic heterocycles. The van der Waals surface area contributed by atoms with Gasteiger partial charge < -0.3 is 9.13 Å². The lowest BCUT2D eigenvalue weighted by molar-refractivity contribution is 0.661. The molecule has 0 saturated carbocycles. The zero-order valence-electron chi connectivity index (χ0n) is 29.7. The van der Waals surface area contributed by atoms with Crippen LogP contribution in [-0.2, 0) is 11.8 Å². The fraction of sp³-hybridized carbons (Fsp3) is 0.120. The molecule has 9 aromatic rings. The number of aromatic nitrogens is 2.